The molecule has 2 rings (SSSR count). The lowest BCUT2D eigenvalue weighted by Crippen LogP contribution is -2.23. The first-order valence-corrected chi connectivity index (χ1v) is 16.9. The quantitative estimate of drug-likeness (QED) is 0.203. The molecule has 2 aromatic rings. The largest absolute Gasteiger partial charge is 0.490 e. The topological polar surface area (TPSA) is 18.5 Å². The highest BCUT2D eigenvalue weighted by atomic mass is 79.9. The zero-order valence-electron chi connectivity index (χ0n) is 17.8. The highest BCUT2D eigenvalue weighted by Crippen LogP contribution is 2.56. The highest BCUT2D eigenvalue weighted by molar-refractivity contribution is 9.14. The maximum atomic E-state index is 6.03. The van der Waals surface area contributed by atoms with E-state index in [4.69, 9.17) is 9.47 Å². The van der Waals surface area contributed by atoms with Crippen LogP contribution in [0.5, 0.6) is 11.5 Å². The van der Waals surface area contributed by atoms with Gasteiger partial charge in [0.15, 0.2) is 0 Å². The molecule has 0 aromatic heterocycles. The molecule has 0 aliphatic rings. The molecular weight excluding hydrogens is 988 g/mol. The van der Waals surface area contributed by atoms with Crippen LogP contribution in [-0.4, -0.2) is 23.7 Å². The van der Waals surface area contributed by atoms with Crippen molar-refractivity contribution in [3.63, 3.8) is 0 Å². The first-order valence-electron chi connectivity index (χ1n) is 9.49. The molecular formula is C21H20Br8O2S2. The summed E-state index contributed by atoms with van der Waals surface area (Å²) >= 11 is 39.0. The Hall–Kier alpha value is 2.58. The Morgan fingerprint density at radius 2 is 0.818 bits per heavy atom. The van der Waals surface area contributed by atoms with Crippen molar-refractivity contribution in [2.75, 3.05) is 13.2 Å². The molecule has 0 bridgehead atoms. The van der Waals surface area contributed by atoms with Crippen molar-refractivity contribution in [1.29, 1.82) is 0 Å². The van der Waals surface area contributed by atoms with Crippen molar-refractivity contribution in [1.82, 2.24) is 0 Å². The minimum Gasteiger partial charge on any atom is -0.490 e. The molecule has 2 aromatic carbocycles. The van der Waals surface area contributed by atoms with E-state index in [0.29, 0.717) is 24.7 Å². The molecule has 12 heteroatoms. The Kier molecular flexibility index (Phi) is 12.6. The van der Waals surface area contributed by atoms with Crippen molar-refractivity contribution < 1.29 is 9.47 Å². The lowest BCUT2D eigenvalue weighted by molar-refractivity contribution is 0.317. The number of halogens is 8. The van der Waals surface area contributed by atoms with Crippen LogP contribution < -0.4 is 9.47 Å². The fourth-order valence-electron chi connectivity index (χ4n) is 3.11. The summed E-state index contributed by atoms with van der Waals surface area (Å²) in [7, 11) is 0. The third kappa shape index (κ3) is 6.97. The Morgan fingerprint density at radius 1 is 0.576 bits per heavy atom. The first-order chi connectivity index (χ1) is 15.1. The summed E-state index contributed by atoms with van der Waals surface area (Å²) in [6, 6.07) is 0. The number of thiol groups is 2. The predicted molar refractivity (Wildman–Crippen MR) is 174 cm³/mol. The fraction of sp³-hybridized carbons (Fsp3) is 0.429. The molecule has 0 amide bonds. The summed E-state index contributed by atoms with van der Waals surface area (Å²) in [6.45, 7) is 9.25. The van der Waals surface area contributed by atoms with E-state index in [1.807, 2.05) is 13.8 Å². The van der Waals surface area contributed by atoms with Crippen LogP contribution in [0.15, 0.2) is 35.8 Å². The van der Waals surface area contributed by atoms with Crippen LogP contribution in [0, 0.1) is 0 Å². The second-order valence-electron chi connectivity index (χ2n) is 7.87. The third-order valence-electron chi connectivity index (χ3n) is 4.63. The van der Waals surface area contributed by atoms with Gasteiger partial charge in [-0.15, -0.1) is 0 Å². The summed E-state index contributed by atoms with van der Waals surface area (Å²) in [5.41, 5.74) is 1.59. The monoisotopic (exact) mass is 999 g/mol. The van der Waals surface area contributed by atoms with Crippen LogP contribution in [-0.2, 0) is 5.41 Å². The van der Waals surface area contributed by atoms with Crippen LogP contribution in [0.25, 0.3) is 0 Å². The van der Waals surface area contributed by atoms with Crippen molar-refractivity contribution in [2.45, 2.75) is 43.6 Å². The van der Waals surface area contributed by atoms with E-state index in [2.05, 4.69) is 167 Å². The average molecular weight is 1010 g/mol. The van der Waals surface area contributed by atoms with Gasteiger partial charge in [0.05, 0.1) is 31.1 Å². The van der Waals surface area contributed by atoms with E-state index < -0.39 is 5.41 Å². The van der Waals surface area contributed by atoms with E-state index in [0.717, 1.165) is 46.9 Å². The van der Waals surface area contributed by atoms with Gasteiger partial charge in [0.1, 0.15) is 11.5 Å². The van der Waals surface area contributed by atoms with Gasteiger partial charge in [-0.2, -0.15) is 25.3 Å². The smallest absolute Gasteiger partial charge is 0.150 e. The maximum Gasteiger partial charge on any atom is 0.150 e. The molecule has 2 nitrogen and oxygen atoms in total. The minimum atomic E-state index is -0.476. The van der Waals surface area contributed by atoms with E-state index in [9.17, 15) is 0 Å². The Bertz CT molecular complexity index is 918. The Labute approximate surface area is 273 Å². The van der Waals surface area contributed by atoms with Gasteiger partial charge in [0, 0.05) is 33.8 Å². The van der Waals surface area contributed by atoms with Gasteiger partial charge in [0.2, 0.25) is 0 Å². The molecule has 184 valence electrons. The molecule has 2 unspecified atom stereocenters. The molecule has 0 saturated heterocycles. The summed E-state index contributed by atoms with van der Waals surface area (Å²) in [5, 5.41) is 0.204. The van der Waals surface area contributed by atoms with Crippen molar-refractivity contribution >= 4 is 153 Å². The summed E-state index contributed by atoms with van der Waals surface area (Å²) in [5.74, 6) is 1.42. The van der Waals surface area contributed by atoms with Gasteiger partial charge in [-0.25, -0.2) is 0 Å². The minimum absolute atomic E-state index is 0.102. The van der Waals surface area contributed by atoms with E-state index in [-0.39, 0.29) is 10.5 Å². The van der Waals surface area contributed by atoms with E-state index in [1.54, 1.807) is 0 Å². The van der Waals surface area contributed by atoms with Crippen LogP contribution in [0.3, 0.4) is 0 Å². The number of benzene rings is 2. The molecule has 0 N–H and O–H groups in total. The third-order valence-corrected chi connectivity index (χ3v) is 13.3. The highest BCUT2D eigenvalue weighted by Gasteiger charge is 2.37. The number of rotatable bonds is 8. The number of ether oxygens (including phenoxy) is 2. The van der Waals surface area contributed by atoms with Gasteiger partial charge in [-0.05, 0) is 139 Å². The molecule has 0 saturated carbocycles. The molecule has 0 aliphatic heterocycles. The molecule has 0 heterocycles. The normalized spacial score (nSPS) is 13.8. The van der Waals surface area contributed by atoms with Gasteiger partial charge >= 0.3 is 0 Å². The molecule has 0 radical (unpaired) electrons. The van der Waals surface area contributed by atoms with Crippen molar-refractivity contribution in [3.05, 3.63) is 46.9 Å². The average Bonchev–Trinajstić information content (AvgIpc) is 2.70. The number of hydrogen-bond donors (Lipinski definition) is 2. The predicted octanol–water partition coefficient (Wildman–Crippen LogP) is 11.5. The lowest BCUT2D eigenvalue weighted by Gasteiger charge is -2.33. The van der Waals surface area contributed by atoms with Gasteiger partial charge in [-0.1, -0.05) is 27.7 Å². The molecule has 0 fully saturated rings. The zero-order chi connectivity index (χ0) is 25.4. The fourth-order valence-corrected chi connectivity index (χ4v) is 9.86. The Balaban J connectivity index is 2.75. The van der Waals surface area contributed by atoms with Gasteiger partial charge < -0.3 is 9.47 Å². The van der Waals surface area contributed by atoms with E-state index >= 15 is 0 Å². The number of hydrogen-bond acceptors (Lipinski definition) is 4. The van der Waals surface area contributed by atoms with Crippen LogP contribution >= 0.6 is 153 Å². The van der Waals surface area contributed by atoms with E-state index in [1.165, 1.54) is 0 Å². The Morgan fingerprint density at radius 3 is 1.03 bits per heavy atom. The lowest BCUT2D eigenvalue weighted by atomic mass is 9.78. The molecule has 0 aliphatic carbocycles. The van der Waals surface area contributed by atoms with Gasteiger partial charge in [-0.3, -0.25) is 0 Å². The second kappa shape index (κ2) is 13.1. The molecule has 2 atom stereocenters. The summed E-state index contributed by atoms with van der Waals surface area (Å²) in [6.07, 6.45) is 0. The van der Waals surface area contributed by atoms with Crippen molar-refractivity contribution in [2.24, 2.45) is 0 Å². The second-order valence-corrected chi connectivity index (χ2v) is 16.0. The van der Waals surface area contributed by atoms with Crippen LogP contribution in [0.1, 0.15) is 38.8 Å². The van der Waals surface area contributed by atoms with Crippen molar-refractivity contribution in [3.8, 4) is 11.5 Å². The van der Waals surface area contributed by atoms with Crippen LogP contribution in [0.2, 0.25) is 0 Å². The SMILES string of the molecule is CC(S)COc1c(Br)c(Br)c(C(C)(C)c2c(Br)c(Br)c(OCC(C)S)c(Br)c2Br)c(Br)c1Br. The zero-order valence-corrected chi connectivity index (χ0v) is 32.3. The standard InChI is InChI=1S/C21H20Br8O2S2/c1-7(32)5-30-19-15(26)11(22)9(12(23)16(19)27)21(3,4)10-13(24)17(28)20(18(29)14(10)25)31-6-8(2)33/h7-8,32-33H,5-6H2,1-4H3. The molecule has 0 spiro atoms. The molecule has 33 heavy (non-hydrogen) atoms. The van der Waals surface area contributed by atoms with Gasteiger partial charge in [0.25, 0.3) is 0 Å². The summed E-state index contributed by atoms with van der Waals surface area (Å²) in [4.78, 5) is 0. The maximum absolute atomic E-state index is 6.03. The summed E-state index contributed by atoms with van der Waals surface area (Å²) < 4.78 is 18.9. The first kappa shape index (κ1) is 31.8. The van der Waals surface area contributed by atoms with Crippen LogP contribution in [0.4, 0.5) is 0 Å².